The Labute approximate surface area is 102 Å². The molecule has 4 nitrogen and oxygen atoms in total. The highest BCUT2D eigenvalue weighted by Crippen LogP contribution is 2.37. The number of rotatable bonds is 0. The molecule has 0 N–H and O–H groups in total. The average molecular weight is 279 g/mol. The highest BCUT2D eigenvalue weighted by molar-refractivity contribution is 9.10. The van der Waals surface area contributed by atoms with Gasteiger partial charge in [0.1, 0.15) is 6.33 Å². The van der Waals surface area contributed by atoms with Crippen LogP contribution >= 0.6 is 15.9 Å². The molecule has 1 aliphatic rings. The van der Waals surface area contributed by atoms with Crippen LogP contribution in [0.4, 0.5) is 5.69 Å². The van der Waals surface area contributed by atoms with Gasteiger partial charge in [-0.1, -0.05) is 6.07 Å². The monoisotopic (exact) mass is 278 g/mol. The second-order valence-corrected chi connectivity index (χ2v) is 4.76. The van der Waals surface area contributed by atoms with E-state index in [4.69, 9.17) is 0 Å². The summed E-state index contributed by atoms with van der Waals surface area (Å²) in [6, 6.07) is 6.17. The summed E-state index contributed by atoms with van der Waals surface area (Å²) in [7, 11) is 2.10. The van der Waals surface area contributed by atoms with Gasteiger partial charge in [-0.2, -0.15) is 0 Å². The highest BCUT2D eigenvalue weighted by atomic mass is 79.9. The zero-order valence-electron chi connectivity index (χ0n) is 8.89. The largest absolute Gasteiger partial charge is 0.371 e. The number of nitrogens with zero attached hydrogens (tertiary/aromatic N) is 4. The number of hydrogen-bond donors (Lipinski definition) is 0. The number of benzene rings is 1. The third kappa shape index (κ3) is 1.35. The second-order valence-electron chi connectivity index (χ2n) is 3.91. The number of hydrogen-bond acceptors (Lipinski definition) is 3. The Morgan fingerprint density at radius 2 is 2.19 bits per heavy atom. The quantitative estimate of drug-likeness (QED) is 0.741. The summed E-state index contributed by atoms with van der Waals surface area (Å²) in [6.07, 6.45) is 1.79. The van der Waals surface area contributed by atoms with Crippen molar-refractivity contribution in [2.75, 3.05) is 18.5 Å². The summed E-state index contributed by atoms with van der Waals surface area (Å²) in [5.74, 6) is 0.945. The number of para-hydroxylation sites is 1. The van der Waals surface area contributed by atoms with Crippen LogP contribution < -0.4 is 4.90 Å². The molecule has 1 aromatic heterocycles. The SMILES string of the molecule is CN1CCn2cnnc2-c2cccc(Br)c21. The van der Waals surface area contributed by atoms with E-state index in [1.165, 1.54) is 5.69 Å². The molecule has 0 radical (unpaired) electrons. The number of aromatic nitrogens is 3. The molecule has 1 aromatic carbocycles. The lowest BCUT2D eigenvalue weighted by Gasteiger charge is -2.19. The van der Waals surface area contributed by atoms with E-state index >= 15 is 0 Å². The molecule has 0 saturated heterocycles. The molecular formula is C11H11BrN4. The van der Waals surface area contributed by atoms with Crippen molar-refractivity contribution in [1.29, 1.82) is 0 Å². The molecule has 2 aromatic rings. The third-order valence-corrected chi connectivity index (χ3v) is 3.54. The van der Waals surface area contributed by atoms with Crippen molar-refractivity contribution in [2.24, 2.45) is 0 Å². The molecule has 2 heterocycles. The lowest BCUT2D eigenvalue weighted by atomic mass is 10.1. The Balaban J connectivity index is 2.31. The first kappa shape index (κ1) is 9.84. The smallest absolute Gasteiger partial charge is 0.165 e. The number of fused-ring (bicyclic) bond motifs is 3. The van der Waals surface area contributed by atoms with Gasteiger partial charge in [-0.25, -0.2) is 0 Å². The van der Waals surface area contributed by atoms with Gasteiger partial charge in [-0.3, -0.25) is 0 Å². The van der Waals surface area contributed by atoms with Crippen molar-refractivity contribution in [3.63, 3.8) is 0 Å². The predicted molar refractivity (Wildman–Crippen MR) is 66.4 cm³/mol. The lowest BCUT2D eigenvalue weighted by Crippen LogP contribution is -2.20. The molecule has 0 bridgehead atoms. The van der Waals surface area contributed by atoms with Crippen LogP contribution in [0.2, 0.25) is 0 Å². The minimum Gasteiger partial charge on any atom is -0.371 e. The van der Waals surface area contributed by atoms with Crippen LogP contribution in [-0.4, -0.2) is 28.4 Å². The lowest BCUT2D eigenvalue weighted by molar-refractivity contribution is 0.699. The third-order valence-electron chi connectivity index (χ3n) is 2.90. The van der Waals surface area contributed by atoms with E-state index in [1.54, 1.807) is 6.33 Å². The van der Waals surface area contributed by atoms with Gasteiger partial charge in [-0.15, -0.1) is 10.2 Å². The van der Waals surface area contributed by atoms with Crippen molar-refractivity contribution in [1.82, 2.24) is 14.8 Å². The summed E-state index contributed by atoms with van der Waals surface area (Å²) in [4.78, 5) is 2.24. The zero-order valence-corrected chi connectivity index (χ0v) is 10.5. The molecule has 0 spiro atoms. The van der Waals surface area contributed by atoms with Crippen molar-refractivity contribution in [2.45, 2.75) is 6.54 Å². The molecule has 0 amide bonds. The van der Waals surface area contributed by atoms with E-state index in [0.717, 1.165) is 29.0 Å². The number of halogens is 1. The van der Waals surface area contributed by atoms with Crippen molar-refractivity contribution < 1.29 is 0 Å². The summed E-state index contributed by atoms with van der Waals surface area (Å²) >= 11 is 3.60. The Morgan fingerprint density at radius 3 is 3.06 bits per heavy atom. The van der Waals surface area contributed by atoms with Crippen LogP contribution in [0.15, 0.2) is 29.0 Å². The molecule has 0 fully saturated rings. The first-order valence-corrected chi connectivity index (χ1v) is 5.94. The van der Waals surface area contributed by atoms with E-state index in [0.29, 0.717) is 0 Å². The summed E-state index contributed by atoms with van der Waals surface area (Å²) in [5.41, 5.74) is 2.32. The average Bonchev–Trinajstić information content (AvgIpc) is 2.69. The molecule has 1 aliphatic heterocycles. The fourth-order valence-electron chi connectivity index (χ4n) is 2.08. The molecule has 0 aliphatic carbocycles. The van der Waals surface area contributed by atoms with E-state index < -0.39 is 0 Å². The Bertz CT molecular complexity index is 535. The fraction of sp³-hybridized carbons (Fsp3) is 0.273. The maximum atomic E-state index is 4.20. The maximum absolute atomic E-state index is 4.20. The normalized spacial score (nSPS) is 14.2. The van der Waals surface area contributed by atoms with Crippen LogP contribution in [0.1, 0.15) is 0 Å². The summed E-state index contributed by atoms with van der Waals surface area (Å²) < 4.78 is 3.19. The van der Waals surface area contributed by atoms with Gasteiger partial charge in [0.25, 0.3) is 0 Å². The Kier molecular flexibility index (Phi) is 2.21. The van der Waals surface area contributed by atoms with Crippen LogP contribution in [-0.2, 0) is 6.54 Å². The van der Waals surface area contributed by atoms with Crippen LogP contribution in [0.25, 0.3) is 11.4 Å². The molecule has 82 valence electrons. The Morgan fingerprint density at radius 1 is 1.31 bits per heavy atom. The zero-order chi connectivity index (χ0) is 11.1. The maximum Gasteiger partial charge on any atom is 0.165 e. The molecule has 5 heteroatoms. The van der Waals surface area contributed by atoms with E-state index in [9.17, 15) is 0 Å². The van der Waals surface area contributed by atoms with E-state index in [2.05, 4.69) is 54.8 Å². The standard InChI is InChI=1S/C11H11BrN4/c1-15-5-6-16-7-13-14-11(16)8-3-2-4-9(12)10(8)15/h2-4,7H,5-6H2,1H3. The van der Waals surface area contributed by atoms with Crippen molar-refractivity contribution >= 4 is 21.6 Å². The van der Waals surface area contributed by atoms with Crippen LogP contribution in [0, 0.1) is 0 Å². The first-order chi connectivity index (χ1) is 7.77. The predicted octanol–water partition coefficient (Wildman–Crippen LogP) is 2.16. The van der Waals surface area contributed by atoms with Crippen molar-refractivity contribution in [3.8, 4) is 11.4 Å². The second kappa shape index (κ2) is 3.59. The highest BCUT2D eigenvalue weighted by Gasteiger charge is 2.20. The van der Waals surface area contributed by atoms with Crippen LogP contribution in [0.5, 0.6) is 0 Å². The fourth-order valence-corrected chi connectivity index (χ4v) is 2.75. The van der Waals surface area contributed by atoms with Gasteiger partial charge in [0.15, 0.2) is 5.82 Å². The van der Waals surface area contributed by atoms with Crippen molar-refractivity contribution in [3.05, 3.63) is 29.0 Å². The molecule has 0 unspecified atom stereocenters. The molecule has 0 atom stereocenters. The van der Waals surface area contributed by atoms with E-state index in [1.807, 2.05) is 6.07 Å². The Hall–Kier alpha value is -1.36. The molecular weight excluding hydrogens is 268 g/mol. The summed E-state index contributed by atoms with van der Waals surface area (Å²) in [6.45, 7) is 1.88. The number of likely N-dealkylation sites (N-methyl/N-ethyl adjacent to an activating group) is 1. The van der Waals surface area contributed by atoms with Gasteiger partial charge < -0.3 is 9.47 Å². The van der Waals surface area contributed by atoms with Crippen LogP contribution in [0.3, 0.4) is 0 Å². The van der Waals surface area contributed by atoms with E-state index in [-0.39, 0.29) is 0 Å². The summed E-state index contributed by atoms with van der Waals surface area (Å²) in [5, 5.41) is 8.18. The molecule has 16 heavy (non-hydrogen) atoms. The van der Waals surface area contributed by atoms with Gasteiger partial charge in [0, 0.05) is 30.2 Å². The van der Waals surface area contributed by atoms with Gasteiger partial charge >= 0.3 is 0 Å². The van der Waals surface area contributed by atoms with Gasteiger partial charge in [0.2, 0.25) is 0 Å². The minimum absolute atomic E-state index is 0.917. The minimum atomic E-state index is 0.917. The molecule has 3 rings (SSSR count). The molecule has 0 saturated carbocycles. The topological polar surface area (TPSA) is 34.0 Å². The first-order valence-electron chi connectivity index (χ1n) is 5.15. The number of anilines is 1. The van der Waals surface area contributed by atoms with Gasteiger partial charge in [0.05, 0.1) is 5.69 Å². The van der Waals surface area contributed by atoms with Gasteiger partial charge in [-0.05, 0) is 28.1 Å².